The Hall–Kier alpha value is -0.810. The Morgan fingerprint density at radius 3 is 2.56 bits per heavy atom. The number of hydrogen-bond acceptors (Lipinski definition) is 3. The SMILES string of the molecule is CC(=O)C(Cl)c1ccc(OC(F)F)c(S)c1. The lowest BCUT2D eigenvalue weighted by Crippen LogP contribution is -2.05. The van der Waals surface area contributed by atoms with Crippen LogP contribution in [0.1, 0.15) is 17.9 Å². The molecule has 0 aromatic heterocycles. The van der Waals surface area contributed by atoms with E-state index in [-0.39, 0.29) is 16.4 Å². The molecule has 2 nitrogen and oxygen atoms in total. The maximum Gasteiger partial charge on any atom is 0.387 e. The minimum atomic E-state index is -2.91. The van der Waals surface area contributed by atoms with Crippen molar-refractivity contribution in [1.29, 1.82) is 0 Å². The van der Waals surface area contributed by atoms with Crippen LogP contribution in [0.3, 0.4) is 0 Å². The predicted molar refractivity (Wildman–Crippen MR) is 59.6 cm³/mol. The number of Topliss-reactive ketones (excluding diaryl/α,β-unsaturated/α-hetero) is 1. The van der Waals surface area contributed by atoms with Gasteiger partial charge in [-0.25, -0.2) is 0 Å². The Balaban J connectivity index is 2.95. The summed E-state index contributed by atoms with van der Waals surface area (Å²) in [6.07, 6.45) is 0. The van der Waals surface area contributed by atoms with Crippen LogP contribution in [0.15, 0.2) is 23.1 Å². The first-order chi connectivity index (χ1) is 7.41. The topological polar surface area (TPSA) is 26.3 Å². The first kappa shape index (κ1) is 13.3. The van der Waals surface area contributed by atoms with Gasteiger partial charge in [0, 0.05) is 4.90 Å². The smallest absolute Gasteiger partial charge is 0.387 e. The number of thiol groups is 1. The van der Waals surface area contributed by atoms with E-state index in [1.165, 1.54) is 25.1 Å². The summed E-state index contributed by atoms with van der Waals surface area (Å²) in [4.78, 5) is 11.2. The zero-order valence-electron chi connectivity index (χ0n) is 8.28. The van der Waals surface area contributed by atoms with Crippen LogP contribution in [-0.2, 0) is 4.79 Å². The lowest BCUT2D eigenvalue weighted by Gasteiger charge is -2.10. The molecule has 0 fully saturated rings. The van der Waals surface area contributed by atoms with E-state index in [1.54, 1.807) is 0 Å². The number of hydrogen-bond donors (Lipinski definition) is 1. The normalized spacial score (nSPS) is 12.6. The van der Waals surface area contributed by atoms with Gasteiger partial charge >= 0.3 is 6.61 Å². The average Bonchev–Trinajstić information content (AvgIpc) is 2.19. The van der Waals surface area contributed by atoms with E-state index in [0.717, 1.165) is 0 Å². The molecule has 0 N–H and O–H groups in total. The second kappa shape index (κ2) is 5.50. The second-order valence-electron chi connectivity index (χ2n) is 3.08. The molecule has 1 aromatic rings. The molecule has 1 unspecified atom stereocenters. The number of alkyl halides is 3. The van der Waals surface area contributed by atoms with Gasteiger partial charge < -0.3 is 4.74 Å². The molecule has 0 aliphatic rings. The number of carbonyl (C=O) groups excluding carboxylic acids is 1. The summed E-state index contributed by atoms with van der Waals surface area (Å²) in [5, 5.41) is -0.800. The number of rotatable bonds is 4. The fraction of sp³-hybridized carbons (Fsp3) is 0.300. The fourth-order valence-electron chi connectivity index (χ4n) is 1.12. The van der Waals surface area contributed by atoms with Crippen LogP contribution in [0.2, 0.25) is 0 Å². The number of benzene rings is 1. The quantitative estimate of drug-likeness (QED) is 0.667. The second-order valence-corrected chi connectivity index (χ2v) is 4.00. The molecule has 0 radical (unpaired) electrons. The van der Waals surface area contributed by atoms with E-state index in [1.807, 2.05) is 0 Å². The van der Waals surface area contributed by atoms with Crippen molar-refractivity contribution in [2.75, 3.05) is 0 Å². The van der Waals surface area contributed by atoms with E-state index in [2.05, 4.69) is 17.4 Å². The van der Waals surface area contributed by atoms with Crippen molar-refractivity contribution in [2.45, 2.75) is 23.8 Å². The largest absolute Gasteiger partial charge is 0.434 e. The molecule has 1 aromatic carbocycles. The van der Waals surface area contributed by atoms with Crippen LogP contribution < -0.4 is 4.74 Å². The molecule has 0 spiro atoms. The van der Waals surface area contributed by atoms with Crippen LogP contribution >= 0.6 is 24.2 Å². The van der Waals surface area contributed by atoms with Gasteiger partial charge in [0.05, 0.1) is 0 Å². The molecule has 0 saturated carbocycles. The maximum absolute atomic E-state index is 12.0. The Bertz CT molecular complexity index is 398. The van der Waals surface area contributed by atoms with E-state index < -0.39 is 12.0 Å². The summed E-state index contributed by atoms with van der Waals surface area (Å²) >= 11 is 9.78. The Kier molecular flexibility index (Phi) is 4.56. The molecular weight excluding hydrogens is 258 g/mol. The van der Waals surface area contributed by atoms with Gasteiger partial charge in [0.1, 0.15) is 11.1 Å². The van der Waals surface area contributed by atoms with Crippen LogP contribution in [0.25, 0.3) is 0 Å². The molecule has 0 aliphatic heterocycles. The molecule has 0 bridgehead atoms. The summed E-state index contributed by atoms with van der Waals surface area (Å²) in [6.45, 7) is -1.56. The highest BCUT2D eigenvalue weighted by Gasteiger charge is 2.15. The van der Waals surface area contributed by atoms with Crippen molar-refractivity contribution >= 4 is 30.0 Å². The van der Waals surface area contributed by atoms with Crippen LogP contribution in [0.4, 0.5) is 8.78 Å². The maximum atomic E-state index is 12.0. The summed E-state index contributed by atoms with van der Waals surface area (Å²) in [7, 11) is 0. The summed E-state index contributed by atoms with van der Waals surface area (Å²) < 4.78 is 28.1. The third kappa shape index (κ3) is 3.35. The number of ketones is 1. The monoisotopic (exact) mass is 266 g/mol. The van der Waals surface area contributed by atoms with Gasteiger partial charge in [-0.05, 0) is 24.6 Å². The van der Waals surface area contributed by atoms with E-state index >= 15 is 0 Å². The van der Waals surface area contributed by atoms with Gasteiger partial charge in [0.25, 0.3) is 0 Å². The molecule has 1 rings (SSSR count). The van der Waals surface area contributed by atoms with Crippen LogP contribution in [-0.4, -0.2) is 12.4 Å². The minimum absolute atomic E-state index is 0.0468. The van der Waals surface area contributed by atoms with Crippen molar-refractivity contribution in [3.05, 3.63) is 23.8 Å². The average molecular weight is 267 g/mol. The minimum Gasteiger partial charge on any atom is -0.434 e. The van der Waals surface area contributed by atoms with Crippen LogP contribution in [0.5, 0.6) is 5.75 Å². The van der Waals surface area contributed by atoms with E-state index in [0.29, 0.717) is 5.56 Å². The zero-order valence-corrected chi connectivity index (χ0v) is 9.93. The van der Waals surface area contributed by atoms with Crippen molar-refractivity contribution in [3.63, 3.8) is 0 Å². The summed E-state index contributed by atoms with van der Waals surface area (Å²) in [5.41, 5.74) is 0.501. The van der Waals surface area contributed by atoms with Gasteiger partial charge in [0.2, 0.25) is 0 Å². The summed E-state index contributed by atoms with van der Waals surface area (Å²) in [5.74, 6) is -0.272. The van der Waals surface area contributed by atoms with Gasteiger partial charge in [-0.3, -0.25) is 4.79 Å². The first-order valence-electron chi connectivity index (χ1n) is 4.34. The molecule has 0 saturated heterocycles. The summed E-state index contributed by atoms with van der Waals surface area (Å²) in [6, 6.07) is 4.19. The standard InChI is InChI=1S/C10H9ClF2O2S/c1-5(14)9(11)6-2-3-7(8(16)4-6)15-10(12)13/h2-4,9-10,16H,1H3. The third-order valence-corrected chi connectivity index (χ3v) is 2.76. The molecular formula is C10H9ClF2O2S. The molecule has 0 heterocycles. The highest BCUT2D eigenvalue weighted by atomic mass is 35.5. The van der Waals surface area contributed by atoms with Crippen molar-refractivity contribution in [1.82, 2.24) is 0 Å². The highest BCUT2D eigenvalue weighted by Crippen LogP contribution is 2.30. The molecule has 1 atom stereocenters. The number of carbonyl (C=O) groups is 1. The zero-order chi connectivity index (χ0) is 12.3. The molecule has 0 aliphatic carbocycles. The van der Waals surface area contributed by atoms with E-state index in [9.17, 15) is 13.6 Å². The Morgan fingerprint density at radius 1 is 1.50 bits per heavy atom. The molecule has 88 valence electrons. The van der Waals surface area contributed by atoms with Crippen molar-refractivity contribution in [3.8, 4) is 5.75 Å². The van der Waals surface area contributed by atoms with Crippen LogP contribution in [0, 0.1) is 0 Å². The lowest BCUT2D eigenvalue weighted by atomic mass is 10.1. The van der Waals surface area contributed by atoms with E-state index in [4.69, 9.17) is 11.6 Å². The first-order valence-corrected chi connectivity index (χ1v) is 5.22. The van der Waals surface area contributed by atoms with Gasteiger partial charge in [-0.1, -0.05) is 6.07 Å². The molecule has 0 amide bonds. The molecule has 6 heteroatoms. The van der Waals surface area contributed by atoms with Gasteiger partial charge in [-0.15, -0.1) is 24.2 Å². The number of ether oxygens (including phenoxy) is 1. The highest BCUT2D eigenvalue weighted by molar-refractivity contribution is 7.80. The lowest BCUT2D eigenvalue weighted by molar-refractivity contribution is -0.116. The molecule has 16 heavy (non-hydrogen) atoms. The predicted octanol–water partition coefficient (Wildman–Crippen LogP) is 3.45. The Labute approximate surface area is 102 Å². The Morgan fingerprint density at radius 2 is 2.12 bits per heavy atom. The third-order valence-electron chi connectivity index (χ3n) is 1.85. The number of halogens is 3. The van der Waals surface area contributed by atoms with Gasteiger partial charge in [0.15, 0.2) is 5.78 Å². The van der Waals surface area contributed by atoms with Crippen molar-refractivity contribution in [2.24, 2.45) is 0 Å². The fourth-order valence-corrected chi connectivity index (χ4v) is 1.53. The van der Waals surface area contributed by atoms with Crippen molar-refractivity contribution < 1.29 is 18.3 Å². The van der Waals surface area contributed by atoms with Gasteiger partial charge in [-0.2, -0.15) is 8.78 Å².